The summed E-state index contributed by atoms with van der Waals surface area (Å²) in [5, 5.41) is 14.3. The number of hydrogen-bond acceptors (Lipinski definition) is 3. The molecule has 0 saturated heterocycles. The quantitative estimate of drug-likeness (QED) is 0.641. The largest absolute Gasteiger partial charge is 0.320 e. The summed E-state index contributed by atoms with van der Waals surface area (Å²) in [6, 6.07) is 8.21. The Morgan fingerprint density at radius 3 is 2.29 bits per heavy atom. The van der Waals surface area contributed by atoms with Gasteiger partial charge in [-0.25, -0.2) is 0 Å². The lowest BCUT2D eigenvalue weighted by Crippen LogP contribution is -2.14. The average molecular weight is 346 g/mol. The molecule has 0 heterocycles. The highest BCUT2D eigenvalue weighted by atomic mass is 35.5. The molecular weight excluding hydrogens is 339 g/mol. The molecule has 1 amide bonds. The first-order valence-electron chi connectivity index (χ1n) is 5.59. The Bertz CT molecular complexity index is 735. The third-order valence-electron chi connectivity index (χ3n) is 2.58. The number of carbonyl (C=O) groups is 1. The summed E-state index contributed by atoms with van der Waals surface area (Å²) < 4.78 is 0. The van der Waals surface area contributed by atoms with Crippen LogP contribution < -0.4 is 5.32 Å². The van der Waals surface area contributed by atoms with Crippen LogP contribution in [0.1, 0.15) is 10.4 Å². The van der Waals surface area contributed by atoms with E-state index in [9.17, 15) is 14.9 Å². The number of carbonyl (C=O) groups excluding carboxylic acids is 1. The minimum absolute atomic E-state index is 0.154. The van der Waals surface area contributed by atoms with Crippen LogP contribution in [0.5, 0.6) is 0 Å². The minimum atomic E-state index is -0.687. The van der Waals surface area contributed by atoms with Crippen molar-refractivity contribution in [2.75, 3.05) is 5.32 Å². The van der Waals surface area contributed by atoms with Crippen molar-refractivity contribution in [3.8, 4) is 0 Å². The maximum atomic E-state index is 12.2. The number of nitrogens with zero attached hydrogens (tertiary/aromatic N) is 1. The van der Waals surface area contributed by atoms with E-state index >= 15 is 0 Å². The van der Waals surface area contributed by atoms with E-state index in [2.05, 4.69) is 5.32 Å². The molecule has 108 valence electrons. The Morgan fingerprint density at radius 1 is 1.05 bits per heavy atom. The number of anilines is 1. The van der Waals surface area contributed by atoms with Crippen molar-refractivity contribution in [2.24, 2.45) is 0 Å². The van der Waals surface area contributed by atoms with Crippen LogP contribution in [0.15, 0.2) is 36.4 Å². The van der Waals surface area contributed by atoms with Gasteiger partial charge in [-0.2, -0.15) is 0 Å². The summed E-state index contributed by atoms with van der Waals surface area (Å²) in [5.41, 5.74) is -0.208. The third-order valence-corrected chi connectivity index (χ3v) is 3.36. The van der Waals surface area contributed by atoms with Crippen molar-refractivity contribution in [3.05, 3.63) is 67.1 Å². The van der Waals surface area contributed by atoms with E-state index in [-0.39, 0.29) is 21.3 Å². The molecule has 0 aliphatic carbocycles. The zero-order valence-corrected chi connectivity index (χ0v) is 12.5. The van der Waals surface area contributed by atoms with Crippen LogP contribution in [0.2, 0.25) is 15.1 Å². The van der Waals surface area contributed by atoms with Gasteiger partial charge in [-0.1, -0.05) is 34.8 Å². The highest BCUT2D eigenvalue weighted by Crippen LogP contribution is 2.28. The van der Waals surface area contributed by atoms with Gasteiger partial charge in [-0.15, -0.1) is 0 Å². The van der Waals surface area contributed by atoms with Gasteiger partial charge in [0.25, 0.3) is 11.6 Å². The lowest BCUT2D eigenvalue weighted by molar-refractivity contribution is -0.385. The minimum Gasteiger partial charge on any atom is -0.320 e. The van der Waals surface area contributed by atoms with Gasteiger partial charge in [0.1, 0.15) is 5.56 Å². The summed E-state index contributed by atoms with van der Waals surface area (Å²) in [6.07, 6.45) is 0. The monoisotopic (exact) mass is 344 g/mol. The van der Waals surface area contributed by atoms with Crippen LogP contribution in [-0.2, 0) is 0 Å². The fourth-order valence-electron chi connectivity index (χ4n) is 1.63. The first-order valence-corrected chi connectivity index (χ1v) is 6.72. The number of nitro groups is 1. The molecule has 0 unspecified atom stereocenters. The Balaban J connectivity index is 2.36. The van der Waals surface area contributed by atoms with Crippen molar-refractivity contribution in [3.63, 3.8) is 0 Å². The lowest BCUT2D eigenvalue weighted by atomic mass is 10.1. The van der Waals surface area contributed by atoms with Gasteiger partial charge in [0, 0.05) is 16.1 Å². The van der Waals surface area contributed by atoms with E-state index in [1.807, 2.05) is 0 Å². The van der Waals surface area contributed by atoms with Crippen molar-refractivity contribution in [1.29, 1.82) is 0 Å². The van der Waals surface area contributed by atoms with Crippen molar-refractivity contribution < 1.29 is 9.72 Å². The molecule has 0 radical (unpaired) electrons. The maximum Gasteiger partial charge on any atom is 0.282 e. The van der Waals surface area contributed by atoms with E-state index in [0.717, 1.165) is 0 Å². The SMILES string of the molecule is O=C(Nc1ccc(Cl)cc1Cl)c1cc(Cl)ccc1[N+](=O)[O-]. The summed E-state index contributed by atoms with van der Waals surface area (Å²) in [5.74, 6) is -0.687. The molecule has 0 aliphatic rings. The van der Waals surface area contributed by atoms with Gasteiger partial charge in [0.05, 0.1) is 15.6 Å². The summed E-state index contributed by atoms with van der Waals surface area (Å²) in [4.78, 5) is 22.4. The Labute approximate surface area is 134 Å². The molecular formula is C13H7Cl3N2O3. The normalized spacial score (nSPS) is 10.2. The predicted molar refractivity (Wildman–Crippen MR) is 82.5 cm³/mol. The van der Waals surface area contributed by atoms with E-state index in [1.165, 1.54) is 36.4 Å². The number of amides is 1. The fourth-order valence-corrected chi connectivity index (χ4v) is 2.26. The number of nitrogens with one attached hydrogen (secondary N) is 1. The topological polar surface area (TPSA) is 72.2 Å². The number of benzene rings is 2. The first kappa shape index (κ1) is 15.6. The summed E-state index contributed by atoms with van der Waals surface area (Å²) in [7, 11) is 0. The van der Waals surface area contributed by atoms with Crippen LogP contribution in [0.3, 0.4) is 0 Å². The van der Waals surface area contributed by atoms with Gasteiger partial charge in [0.2, 0.25) is 0 Å². The highest BCUT2D eigenvalue weighted by Gasteiger charge is 2.21. The van der Waals surface area contributed by atoms with Gasteiger partial charge < -0.3 is 5.32 Å². The number of rotatable bonds is 3. The predicted octanol–water partition coefficient (Wildman–Crippen LogP) is 4.81. The molecule has 1 N–H and O–H groups in total. The maximum absolute atomic E-state index is 12.2. The molecule has 0 spiro atoms. The van der Waals surface area contributed by atoms with Crippen molar-refractivity contribution in [2.45, 2.75) is 0 Å². The van der Waals surface area contributed by atoms with Crippen LogP contribution in [-0.4, -0.2) is 10.8 Å². The second kappa shape index (κ2) is 6.30. The molecule has 0 aliphatic heterocycles. The molecule has 2 aromatic carbocycles. The average Bonchev–Trinajstić information content (AvgIpc) is 2.41. The smallest absolute Gasteiger partial charge is 0.282 e. The Hall–Kier alpha value is -1.82. The summed E-state index contributed by atoms with van der Waals surface area (Å²) >= 11 is 17.5. The number of hydrogen-bond donors (Lipinski definition) is 1. The van der Waals surface area contributed by atoms with E-state index in [0.29, 0.717) is 10.7 Å². The van der Waals surface area contributed by atoms with Gasteiger partial charge >= 0.3 is 0 Å². The Kier molecular flexibility index (Phi) is 4.67. The number of halogens is 3. The number of nitro benzene ring substituents is 1. The van der Waals surface area contributed by atoms with Gasteiger partial charge in [-0.05, 0) is 30.3 Å². The van der Waals surface area contributed by atoms with Crippen LogP contribution in [0, 0.1) is 10.1 Å². The van der Waals surface area contributed by atoms with E-state index < -0.39 is 10.8 Å². The van der Waals surface area contributed by atoms with Crippen LogP contribution >= 0.6 is 34.8 Å². The molecule has 0 atom stereocenters. The standard InChI is InChI=1S/C13H7Cl3N2O3/c14-7-2-4-12(18(20)21)9(5-7)13(19)17-11-3-1-8(15)6-10(11)16/h1-6H,(H,17,19). The second-order valence-electron chi connectivity index (χ2n) is 4.00. The molecule has 21 heavy (non-hydrogen) atoms. The molecule has 0 saturated carbocycles. The zero-order valence-electron chi connectivity index (χ0n) is 10.3. The first-order chi connectivity index (χ1) is 9.88. The molecule has 0 aromatic heterocycles. The summed E-state index contributed by atoms with van der Waals surface area (Å²) in [6.45, 7) is 0. The molecule has 8 heteroatoms. The van der Waals surface area contributed by atoms with Crippen LogP contribution in [0.4, 0.5) is 11.4 Å². The fraction of sp³-hybridized carbons (Fsp3) is 0. The molecule has 2 rings (SSSR count). The van der Waals surface area contributed by atoms with Crippen molar-refractivity contribution in [1.82, 2.24) is 0 Å². The highest BCUT2D eigenvalue weighted by molar-refractivity contribution is 6.37. The van der Waals surface area contributed by atoms with Gasteiger partial charge in [-0.3, -0.25) is 14.9 Å². The molecule has 5 nitrogen and oxygen atoms in total. The third kappa shape index (κ3) is 3.64. The van der Waals surface area contributed by atoms with E-state index in [4.69, 9.17) is 34.8 Å². The molecule has 0 bridgehead atoms. The van der Waals surface area contributed by atoms with E-state index in [1.54, 1.807) is 0 Å². The lowest BCUT2D eigenvalue weighted by Gasteiger charge is -2.08. The second-order valence-corrected chi connectivity index (χ2v) is 5.28. The van der Waals surface area contributed by atoms with Gasteiger partial charge in [0.15, 0.2) is 0 Å². The Morgan fingerprint density at radius 2 is 1.67 bits per heavy atom. The van der Waals surface area contributed by atoms with Crippen LogP contribution in [0.25, 0.3) is 0 Å². The van der Waals surface area contributed by atoms with Crippen molar-refractivity contribution >= 4 is 52.1 Å². The zero-order chi connectivity index (χ0) is 15.6. The molecule has 2 aromatic rings. The molecule has 0 fully saturated rings.